The third-order valence-corrected chi connectivity index (χ3v) is 7.76. The van der Waals surface area contributed by atoms with Crippen LogP contribution < -0.4 is 4.90 Å². The maximum absolute atomic E-state index is 15.0. The lowest BCUT2D eigenvalue weighted by atomic mass is 9.90. The molecule has 0 atom stereocenters. The molecule has 1 aliphatic rings. The molecule has 5 rings (SSSR count). The van der Waals surface area contributed by atoms with Crippen molar-refractivity contribution in [2.75, 3.05) is 38.2 Å². The first-order valence-corrected chi connectivity index (χ1v) is 15.0. The molecule has 7 nitrogen and oxygen atoms in total. The zero-order chi connectivity index (χ0) is 30.9. The van der Waals surface area contributed by atoms with Crippen LogP contribution in [0.1, 0.15) is 51.8 Å². The molecular formula is C34H38ClFN4O3. The normalized spacial score (nSPS) is 14.1. The lowest BCUT2D eigenvalue weighted by Crippen LogP contribution is -2.50. The molecule has 226 valence electrons. The second-order valence-electron chi connectivity index (χ2n) is 12.1. The van der Waals surface area contributed by atoms with Crippen molar-refractivity contribution in [1.82, 2.24) is 14.9 Å². The number of pyridine rings is 2. The van der Waals surface area contributed by atoms with Gasteiger partial charge in [0.05, 0.1) is 28.5 Å². The van der Waals surface area contributed by atoms with E-state index in [1.807, 2.05) is 39.0 Å². The third-order valence-electron chi connectivity index (χ3n) is 7.48. The largest absolute Gasteiger partial charge is 0.444 e. The van der Waals surface area contributed by atoms with Crippen LogP contribution >= 0.6 is 11.6 Å². The molecule has 43 heavy (non-hydrogen) atoms. The Morgan fingerprint density at radius 1 is 1.00 bits per heavy atom. The number of ether oxygens (including phenoxy) is 2. The zero-order valence-corrected chi connectivity index (χ0v) is 26.3. The van der Waals surface area contributed by atoms with Gasteiger partial charge in [0.2, 0.25) is 0 Å². The van der Waals surface area contributed by atoms with Crippen LogP contribution in [0, 0.1) is 5.82 Å². The van der Waals surface area contributed by atoms with Gasteiger partial charge in [0, 0.05) is 49.8 Å². The molecule has 0 aliphatic carbocycles. The van der Waals surface area contributed by atoms with Gasteiger partial charge in [-0.25, -0.2) is 19.2 Å². The number of amides is 1. The Morgan fingerprint density at radius 2 is 1.65 bits per heavy atom. The fourth-order valence-electron chi connectivity index (χ4n) is 5.49. The van der Waals surface area contributed by atoms with Gasteiger partial charge in [-0.3, -0.25) is 0 Å². The molecule has 2 aromatic heterocycles. The second-order valence-corrected chi connectivity index (χ2v) is 12.5. The predicted molar refractivity (Wildman–Crippen MR) is 170 cm³/mol. The van der Waals surface area contributed by atoms with E-state index in [1.165, 1.54) is 6.07 Å². The fourth-order valence-corrected chi connectivity index (χ4v) is 5.75. The number of aromatic nitrogens is 2. The highest BCUT2D eigenvalue weighted by Gasteiger charge is 2.29. The first kappa shape index (κ1) is 30.7. The molecule has 0 spiro atoms. The van der Waals surface area contributed by atoms with Crippen molar-refractivity contribution in [2.45, 2.75) is 52.7 Å². The summed E-state index contributed by atoms with van der Waals surface area (Å²) in [6, 6.07) is 16.6. The number of hydrogen-bond acceptors (Lipinski definition) is 6. The smallest absolute Gasteiger partial charge is 0.410 e. The van der Waals surface area contributed by atoms with Gasteiger partial charge >= 0.3 is 6.09 Å². The summed E-state index contributed by atoms with van der Waals surface area (Å²) < 4.78 is 26.3. The standard InChI is InChI=1S/C34H38ClFN4O3/c1-21(2)22-11-7-8-12-23(22)29-28(20-42-6)37-32(39-15-17-40(18-16-39)33(41)43-34(3,4)5)25-19-26(35)30(38-31(25)29)24-13-9-10-14-27(24)36/h7-14,19,21H,15-18,20H2,1-6H3. The molecule has 0 bridgehead atoms. The molecule has 9 heteroatoms. The molecular weight excluding hydrogens is 567 g/mol. The van der Waals surface area contributed by atoms with Gasteiger partial charge in [0.25, 0.3) is 0 Å². The van der Waals surface area contributed by atoms with Gasteiger partial charge in [-0.05, 0) is 56.0 Å². The number of methoxy groups -OCH3 is 1. The minimum Gasteiger partial charge on any atom is -0.444 e. The second kappa shape index (κ2) is 12.5. The molecule has 1 aliphatic heterocycles. The van der Waals surface area contributed by atoms with Crippen molar-refractivity contribution in [3.8, 4) is 22.4 Å². The Balaban J connectivity index is 1.70. The molecule has 4 aromatic rings. The molecule has 0 N–H and O–H groups in total. The van der Waals surface area contributed by atoms with E-state index in [0.717, 1.165) is 27.8 Å². The molecule has 1 fully saturated rings. The van der Waals surface area contributed by atoms with Crippen LogP contribution in [0.3, 0.4) is 0 Å². The first-order valence-electron chi connectivity index (χ1n) is 14.6. The van der Waals surface area contributed by atoms with Gasteiger partial charge in [-0.2, -0.15) is 0 Å². The van der Waals surface area contributed by atoms with E-state index >= 15 is 4.39 Å². The predicted octanol–water partition coefficient (Wildman–Crippen LogP) is 8.08. The van der Waals surface area contributed by atoms with E-state index in [2.05, 4.69) is 30.9 Å². The van der Waals surface area contributed by atoms with Crippen molar-refractivity contribution in [1.29, 1.82) is 0 Å². The van der Waals surface area contributed by atoms with Gasteiger partial charge < -0.3 is 19.3 Å². The van der Waals surface area contributed by atoms with Crippen LogP contribution in [0.25, 0.3) is 33.3 Å². The van der Waals surface area contributed by atoms with Crippen molar-refractivity contribution in [3.05, 3.63) is 76.7 Å². The number of anilines is 1. The van der Waals surface area contributed by atoms with Gasteiger partial charge in [-0.1, -0.05) is 61.8 Å². The van der Waals surface area contributed by atoms with Crippen molar-refractivity contribution in [3.63, 3.8) is 0 Å². The Bertz CT molecular complexity index is 1650. The van der Waals surface area contributed by atoms with Crippen molar-refractivity contribution >= 4 is 34.4 Å². The topological polar surface area (TPSA) is 67.8 Å². The molecule has 0 saturated carbocycles. The van der Waals surface area contributed by atoms with E-state index in [1.54, 1.807) is 30.2 Å². The number of halogens is 2. The number of hydrogen-bond donors (Lipinski definition) is 0. The Hall–Kier alpha value is -3.75. The number of fused-ring (bicyclic) bond motifs is 1. The van der Waals surface area contributed by atoms with Crippen LogP contribution in [-0.2, 0) is 16.1 Å². The molecule has 2 aromatic carbocycles. The molecule has 3 heterocycles. The lowest BCUT2D eigenvalue weighted by molar-refractivity contribution is 0.0240. The number of rotatable bonds is 6. The summed E-state index contributed by atoms with van der Waals surface area (Å²) in [5, 5.41) is 1.08. The molecule has 0 radical (unpaired) electrons. The fraction of sp³-hybridized carbons (Fsp3) is 0.382. The van der Waals surface area contributed by atoms with E-state index in [9.17, 15) is 4.79 Å². The maximum Gasteiger partial charge on any atom is 0.410 e. The summed E-state index contributed by atoms with van der Waals surface area (Å²) in [7, 11) is 1.64. The van der Waals surface area contributed by atoms with E-state index in [4.69, 9.17) is 31.0 Å². The zero-order valence-electron chi connectivity index (χ0n) is 25.6. The summed E-state index contributed by atoms with van der Waals surface area (Å²) in [5.74, 6) is 0.539. The van der Waals surface area contributed by atoms with Gasteiger partial charge in [-0.15, -0.1) is 0 Å². The van der Waals surface area contributed by atoms with Crippen LogP contribution in [0.15, 0.2) is 54.6 Å². The minimum absolute atomic E-state index is 0.237. The summed E-state index contributed by atoms with van der Waals surface area (Å²) >= 11 is 6.86. The molecule has 0 unspecified atom stereocenters. The van der Waals surface area contributed by atoms with Crippen LogP contribution in [-0.4, -0.2) is 59.9 Å². The van der Waals surface area contributed by atoms with E-state index in [0.29, 0.717) is 53.8 Å². The minimum atomic E-state index is -0.568. The summed E-state index contributed by atoms with van der Waals surface area (Å²) in [6.45, 7) is 12.2. The summed E-state index contributed by atoms with van der Waals surface area (Å²) in [4.78, 5) is 26.9. The van der Waals surface area contributed by atoms with Crippen molar-refractivity contribution in [2.24, 2.45) is 0 Å². The third kappa shape index (κ3) is 6.45. The highest BCUT2D eigenvalue weighted by atomic mass is 35.5. The molecule has 1 saturated heterocycles. The number of benzene rings is 2. The lowest BCUT2D eigenvalue weighted by Gasteiger charge is -2.37. The number of carbonyl (C=O) groups is 1. The monoisotopic (exact) mass is 604 g/mol. The number of piperazine rings is 1. The highest BCUT2D eigenvalue weighted by molar-refractivity contribution is 6.34. The Morgan fingerprint density at radius 3 is 2.28 bits per heavy atom. The van der Waals surface area contributed by atoms with E-state index in [-0.39, 0.29) is 18.6 Å². The summed E-state index contributed by atoms with van der Waals surface area (Å²) in [6.07, 6.45) is -0.329. The van der Waals surface area contributed by atoms with Crippen LogP contribution in [0.4, 0.5) is 15.0 Å². The van der Waals surface area contributed by atoms with Gasteiger partial charge in [0.15, 0.2) is 0 Å². The summed E-state index contributed by atoms with van der Waals surface area (Å²) in [5.41, 5.74) is 4.50. The van der Waals surface area contributed by atoms with Crippen LogP contribution in [0.5, 0.6) is 0 Å². The van der Waals surface area contributed by atoms with E-state index < -0.39 is 11.4 Å². The quantitative estimate of drug-likeness (QED) is 0.222. The molecule has 1 amide bonds. The number of carbonyl (C=O) groups excluding carboxylic acids is 1. The average Bonchev–Trinajstić information content (AvgIpc) is 2.96. The van der Waals surface area contributed by atoms with Crippen LogP contribution in [0.2, 0.25) is 5.02 Å². The maximum atomic E-state index is 15.0. The number of nitrogens with zero attached hydrogens (tertiary/aromatic N) is 4. The van der Waals surface area contributed by atoms with Gasteiger partial charge in [0.1, 0.15) is 17.2 Å². The Labute approximate surface area is 257 Å². The Kier molecular flexibility index (Phi) is 8.90. The highest BCUT2D eigenvalue weighted by Crippen LogP contribution is 2.42. The SMILES string of the molecule is COCc1nc(N2CCN(C(=O)OC(C)(C)C)CC2)c2cc(Cl)c(-c3ccccc3F)nc2c1-c1ccccc1C(C)C. The van der Waals surface area contributed by atoms with Crippen molar-refractivity contribution < 1.29 is 18.7 Å². The first-order chi connectivity index (χ1) is 20.5. The average molecular weight is 605 g/mol.